The van der Waals surface area contributed by atoms with Crippen LogP contribution in [0.25, 0.3) is 0 Å². The zero-order chi connectivity index (χ0) is 35.0. The summed E-state index contributed by atoms with van der Waals surface area (Å²) in [6.07, 6.45) is 0. The van der Waals surface area contributed by atoms with E-state index in [9.17, 15) is 0 Å². The van der Waals surface area contributed by atoms with E-state index in [1.807, 2.05) is 159 Å². The molecule has 0 radical (unpaired) electrons. The van der Waals surface area contributed by atoms with Crippen molar-refractivity contribution in [2.75, 3.05) is 11.5 Å². The normalized spacial score (nSPS) is 10.6. The smallest absolute Gasteiger partial charge is 0.134 e. The van der Waals surface area contributed by atoms with Crippen molar-refractivity contribution in [1.29, 1.82) is 0 Å². The molecule has 0 aliphatic heterocycles. The first-order chi connectivity index (χ1) is 24.9. The highest BCUT2D eigenvalue weighted by Gasteiger charge is 2.10. The fraction of sp³-hybridized carbons (Fsp3) is 0.0233. The van der Waals surface area contributed by atoms with Crippen molar-refractivity contribution in [2.45, 2.75) is 6.92 Å². The number of hydrogen-bond acceptors (Lipinski definition) is 8. The molecule has 51 heavy (non-hydrogen) atoms. The van der Waals surface area contributed by atoms with Crippen LogP contribution in [-0.4, -0.2) is 0 Å². The predicted molar refractivity (Wildman–Crippen MR) is 199 cm³/mol. The van der Waals surface area contributed by atoms with Gasteiger partial charge in [-0.1, -0.05) is 42.5 Å². The minimum Gasteiger partial charge on any atom is -0.457 e. The highest BCUT2D eigenvalue weighted by molar-refractivity contribution is 5.49. The van der Waals surface area contributed by atoms with Crippen LogP contribution in [0.2, 0.25) is 0 Å². The van der Waals surface area contributed by atoms with Crippen LogP contribution in [0.4, 0.5) is 11.4 Å². The maximum Gasteiger partial charge on any atom is 0.134 e. The van der Waals surface area contributed by atoms with Crippen LogP contribution in [0, 0.1) is 6.92 Å². The van der Waals surface area contributed by atoms with Gasteiger partial charge in [0, 0.05) is 53.8 Å². The second-order valence-electron chi connectivity index (χ2n) is 11.6. The molecular weight excluding hydrogens is 640 g/mol. The highest BCUT2D eigenvalue weighted by Crippen LogP contribution is 2.36. The number of benzene rings is 7. The van der Waals surface area contributed by atoms with Gasteiger partial charge < -0.3 is 39.9 Å². The molecule has 7 aromatic carbocycles. The number of nitrogens with two attached hydrogens (primary N) is 2. The van der Waals surface area contributed by atoms with E-state index in [4.69, 9.17) is 39.9 Å². The largest absolute Gasteiger partial charge is 0.457 e. The Bertz CT molecular complexity index is 2290. The molecule has 252 valence electrons. The lowest BCUT2D eigenvalue weighted by molar-refractivity contribution is 0.442. The summed E-state index contributed by atoms with van der Waals surface area (Å²) in [4.78, 5) is 0. The van der Waals surface area contributed by atoms with Crippen LogP contribution in [-0.2, 0) is 0 Å². The molecule has 0 aliphatic rings. The van der Waals surface area contributed by atoms with Crippen LogP contribution >= 0.6 is 0 Å². The molecule has 0 unspecified atom stereocenters. The van der Waals surface area contributed by atoms with Gasteiger partial charge in [-0.15, -0.1) is 0 Å². The van der Waals surface area contributed by atoms with Crippen molar-refractivity contribution in [3.05, 3.63) is 169 Å². The van der Waals surface area contributed by atoms with Crippen molar-refractivity contribution >= 4 is 11.4 Å². The van der Waals surface area contributed by atoms with Gasteiger partial charge in [0.05, 0.1) is 0 Å². The molecule has 0 spiro atoms. The van der Waals surface area contributed by atoms with Crippen molar-refractivity contribution in [2.24, 2.45) is 0 Å². The predicted octanol–water partition coefficient (Wildman–Crippen LogP) is 11.9. The molecule has 0 saturated heterocycles. The Morgan fingerprint density at radius 2 is 0.569 bits per heavy atom. The molecule has 0 aliphatic carbocycles. The van der Waals surface area contributed by atoms with Gasteiger partial charge in [-0.2, -0.15) is 0 Å². The highest BCUT2D eigenvalue weighted by atomic mass is 16.5. The fourth-order valence-electron chi connectivity index (χ4n) is 5.12. The summed E-state index contributed by atoms with van der Waals surface area (Å²) in [5.74, 6) is 7.46. The molecular formula is C43H34N2O6. The zero-order valence-electron chi connectivity index (χ0n) is 27.7. The molecule has 0 bridgehead atoms. The first kappa shape index (κ1) is 32.5. The first-order valence-electron chi connectivity index (χ1n) is 16.2. The quantitative estimate of drug-likeness (QED) is 0.123. The van der Waals surface area contributed by atoms with Crippen LogP contribution in [0.3, 0.4) is 0 Å². The van der Waals surface area contributed by atoms with Crippen LogP contribution in [0.15, 0.2) is 164 Å². The van der Waals surface area contributed by atoms with Gasteiger partial charge in [-0.3, -0.25) is 0 Å². The van der Waals surface area contributed by atoms with Gasteiger partial charge in [0.25, 0.3) is 0 Å². The van der Waals surface area contributed by atoms with E-state index in [-0.39, 0.29) is 0 Å². The van der Waals surface area contributed by atoms with Crippen LogP contribution < -0.4 is 39.9 Å². The molecule has 0 amide bonds. The molecule has 4 N–H and O–H groups in total. The average molecular weight is 675 g/mol. The maximum absolute atomic E-state index is 6.30. The van der Waals surface area contributed by atoms with E-state index >= 15 is 0 Å². The topological polar surface area (TPSA) is 107 Å². The summed E-state index contributed by atoms with van der Waals surface area (Å²) in [6.45, 7) is 1.98. The van der Waals surface area contributed by atoms with E-state index in [0.29, 0.717) is 80.4 Å². The van der Waals surface area contributed by atoms with Crippen molar-refractivity contribution in [1.82, 2.24) is 0 Å². The lowest BCUT2D eigenvalue weighted by Gasteiger charge is -2.14. The lowest BCUT2D eigenvalue weighted by atomic mass is 10.2. The monoisotopic (exact) mass is 674 g/mol. The second kappa shape index (κ2) is 15.0. The minimum atomic E-state index is 0.604. The third-order valence-corrected chi connectivity index (χ3v) is 7.50. The van der Waals surface area contributed by atoms with E-state index in [0.717, 1.165) is 5.56 Å². The van der Waals surface area contributed by atoms with E-state index in [2.05, 4.69) is 0 Å². The summed E-state index contributed by atoms with van der Waals surface area (Å²) < 4.78 is 36.7. The molecule has 0 fully saturated rings. The van der Waals surface area contributed by atoms with Gasteiger partial charge in [-0.25, -0.2) is 0 Å². The summed E-state index contributed by atoms with van der Waals surface area (Å²) in [6, 6.07) is 49.9. The Labute approximate surface area is 295 Å². The molecule has 0 heterocycles. The van der Waals surface area contributed by atoms with Crippen molar-refractivity contribution in [3.63, 3.8) is 0 Å². The Balaban J connectivity index is 0.999. The van der Waals surface area contributed by atoms with Crippen LogP contribution in [0.5, 0.6) is 69.0 Å². The van der Waals surface area contributed by atoms with Crippen LogP contribution in [0.1, 0.15) is 5.56 Å². The Morgan fingerprint density at radius 1 is 0.294 bits per heavy atom. The maximum atomic E-state index is 6.30. The number of nitrogen functional groups attached to an aromatic ring is 2. The molecule has 0 saturated carbocycles. The number of rotatable bonds is 12. The van der Waals surface area contributed by atoms with Crippen molar-refractivity contribution in [3.8, 4) is 69.0 Å². The average Bonchev–Trinajstić information content (AvgIpc) is 3.11. The second-order valence-corrected chi connectivity index (χ2v) is 11.6. The minimum absolute atomic E-state index is 0.604. The fourth-order valence-corrected chi connectivity index (χ4v) is 5.12. The Morgan fingerprint density at radius 3 is 0.902 bits per heavy atom. The summed E-state index contributed by atoms with van der Waals surface area (Å²) in [5.41, 5.74) is 14.0. The third-order valence-electron chi connectivity index (χ3n) is 7.50. The van der Waals surface area contributed by atoms with Gasteiger partial charge >= 0.3 is 0 Å². The number of anilines is 2. The summed E-state index contributed by atoms with van der Waals surface area (Å²) in [7, 11) is 0. The molecule has 7 rings (SSSR count). The zero-order valence-corrected chi connectivity index (χ0v) is 27.7. The molecule has 7 aromatic rings. The van der Waals surface area contributed by atoms with Gasteiger partial charge in [-0.05, 0) is 91.3 Å². The molecule has 8 heteroatoms. The standard InChI is InChI=1S/C43H34N2O6/c1-29-20-21-42(50-39-17-6-16-38(26-39)48-36-14-4-12-34(24-36)46-32-10-2-8-30(44)22-32)28-43(29)51-41-19-7-18-40(27-41)49-37-15-5-13-35(25-37)47-33-11-3-9-31(45)23-33/h2-28H,44-45H2,1H3. The van der Waals surface area contributed by atoms with Crippen molar-refractivity contribution < 1.29 is 28.4 Å². The van der Waals surface area contributed by atoms with E-state index in [1.54, 1.807) is 12.1 Å². The molecule has 0 aromatic heterocycles. The molecule has 0 atom stereocenters. The van der Waals surface area contributed by atoms with E-state index in [1.165, 1.54) is 0 Å². The number of hydrogen-bond donors (Lipinski definition) is 2. The summed E-state index contributed by atoms with van der Waals surface area (Å²) in [5, 5.41) is 0. The number of ether oxygens (including phenoxy) is 6. The van der Waals surface area contributed by atoms with Gasteiger partial charge in [0.15, 0.2) is 0 Å². The first-order valence-corrected chi connectivity index (χ1v) is 16.2. The number of aryl methyl sites for hydroxylation is 1. The third kappa shape index (κ3) is 8.90. The summed E-state index contributed by atoms with van der Waals surface area (Å²) >= 11 is 0. The Hall–Kier alpha value is -7.06. The molecule has 8 nitrogen and oxygen atoms in total. The van der Waals surface area contributed by atoms with Gasteiger partial charge in [0.1, 0.15) is 69.0 Å². The van der Waals surface area contributed by atoms with E-state index < -0.39 is 0 Å². The lowest BCUT2D eigenvalue weighted by Crippen LogP contribution is -1.92. The Kier molecular flexibility index (Phi) is 9.56. The van der Waals surface area contributed by atoms with Gasteiger partial charge in [0.2, 0.25) is 0 Å². The SMILES string of the molecule is Cc1ccc(Oc2cccc(Oc3cccc(Oc4cccc(N)c4)c3)c2)cc1Oc1cccc(Oc2cccc(Oc3cccc(N)c3)c2)c1.